The number of carboxylic acid groups (broad SMARTS) is 1. The number of aromatic carboxylic acids is 1. The van der Waals surface area contributed by atoms with Crippen molar-refractivity contribution in [3.05, 3.63) is 15.8 Å². The van der Waals surface area contributed by atoms with Crippen molar-refractivity contribution in [2.45, 2.75) is 38.6 Å². The third-order valence-electron chi connectivity index (χ3n) is 2.72. The van der Waals surface area contributed by atoms with Crippen LogP contribution in [0.4, 0.5) is 0 Å². The molecule has 1 aromatic heterocycles. The van der Waals surface area contributed by atoms with Gasteiger partial charge in [0.15, 0.2) is 0 Å². The van der Waals surface area contributed by atoms with Crippen molar-refractivity contribution in [1.29, 1.82) is 0 Å². The highest BCUT2D eigenvalue weighted by atomic mass is 32.2. The molecule has 1 atom stereocenters. The van der Waals surface area contributed by atoms with Crippen molar-refractivity contribution >= 4 is 27.3 Å². The minimum absolute atomic E-state index is 0.118. The topological polar surface area (TPSA) is 83.5 Å². The third-order valence-corrected chi connectivity index (χ3v) is 5.68. The maximum absolute atomic E-state index is 12.2. The Morgan fingerprint density at radius 1 is 1.39 bits per heavy atom. The van der Waals surface area contributed by atoms with Crippen LogP contribution in [0.15, 0.2) is 10.3 Å². The zero-order valence-electron chi connectivity index (χ0n) is 10.7. The lowest BCUT2D eigenvalue weighted by Crippen LogP contribution is -2.36. The molecule has 1 heterocycles. The maximum Gasteiger partial charge on any atom is 0.347 e. The molecule has 102 valence electrons. The molecule has 0 aromatic carbocycles. The van der Waals surface area contributed by atoms with Gasteiger partial charge in [0.1, 0.15) is 9.77 Å². The number of carboxylic acids is 1. The van der Waals surface area contributed by atoms with Crippen molar-refractivity contribution in [2.75, 3.05) is 0 Å². The van der Waals surface area contributed by atoms with Crippen LogP contribution in [-0.2, 0) is 10.0 Å². The molecule has 0 radical (unpaired) electrons. The van der Waals surface area contributed by atoms with Crippen molar-refractivity contribution < 1.29 is 18.3 Å². The lowest BCUT2D eigenvalue weighted by molar-refractivity contribution is 0.0698. The van der Waals surface area contributed by atoms with Gasteiger partial charge in [-0.2, -0.15) is 0 Å². The molecule has 0 bridgehead atoms. The summed E-state index contributed by atoms with van der Waals surface area (Å²) in [4.78, 5) is 10.8. The second-order valence-corrected chi connectivity index (χ2v) is 7.07. The van der Waals surface area contributed by atoms with E-state index < -0.39 is 16.0 Å². The summed E-state index contributed by atoms with van der Waals surface area (Å²) in [7, 11) is -3.79. The predicted octanol–water partition coefficient (Wildman–Crippen LogP) is 2.08. The summed E-state index contributed by atoms with van der Waals surface area (Å²) in [5.74, 6) is -1.09. The van der Waals surface area contributed by atoms with Crippen LogP contribution < -0.4 is 4.72 Å². The molecule has 1 aromatic rings. The van der Waals surface area contributed by atoms with Crippen LogP contribution in [0.3, 0.4) is 0 Å². The van der Waals surface area contributed by atoms with Crippen molar-refractivity contribution in [3.63, 3.8) is 0 Å². The number of carbonyl (C=O) groups is 1. The van der Waals surface area contributed by atoms with E-state index in [1.54, 1.807) is 13.8 Å². The van der Waals surface area contributed by atoms with E-state index in [0.29, 0.717) is 5.56 Å². The highest BCUT2D eigenvalue weighted by molar-refractivity contribution is 7.89. The minimum Gasteiger partial charge on any atom is -0.477 e. The van der Waals surface area contributed by atoms with Crippen LogP contribution in [0.1, 0.15) is 36.0 Å². The molecular formula is C11H17NO4S2. The van der Waals surface area contributed by atoms with E-state index in [1.807, 2.05) is 13.8 Å². The van der Waals surface area contributed by atoms with E-state index in [9.17, 15) is 13.2 Å². The third kappa shape index (κ3) is 3.09. The molecule has 0 aliphatic rings. The van der Waals surface area contributed by atoms with E-state index in [-0.39, 0.29) is 21.7 Å². The van der Waals surface area contributed by atoms with Gasteiger partial charge in [-0.3, -0.25) is 0 Å². The zero-order valence-corrected chi connectivity index (χ0v) is 12.4. The number of sulfonamides is 1. The summed E-state index contributed by atoms with van der Waals surface area (Å²) in [6, 6.07) is -0.254. The number of nitrogens with one attached hydrogen (secondary N) is 1. The van der Waals surface area contributed by atoms with Gasteiger partial charge in [0.25, 0.3) is 0 Å². The van der Waals surface area contributed by atoms with Crippen LogP contribution in [-0.4, -0.2) is 25.5 Å². The molecule has 0 spiro atoms. The summed E-state index contributed by atoms with van der Waals surface area (Å²) in [6.45, 7) is 7.14. The van der Waals surface area contributed by atoms with Crippen LogP contribution in [0.2, 0.25) is 0 Å². The first-order valence-corrected chi connectivity index (χ1v) is 7.86. The molecule has 5 nitrogen and oxygen atoms in total. The lowest BCUT2D eigenvalue weighted by Gasteiger charge is -2.17. The fourth-order valence-corrected chi connectivity index (χ4v) is 4.38. The maximum atomic E-state index is 12.2. The molecule has 1 unspecified atom stereocenters. The molecule has 0 aliphatic carbocycles. The van der Waals surface area contributed by atoms with E-state index in [2.05, 4.69) is 4.72 Å². The van der Waals surface area contributed by atoms with Gasteiger partial charge in [-0.05, 0) is 30.7 Å². The van der Waals surface area contributed by atoms with E-state index in [1.165, 1.54) is 5.38 Å². The molecule has 0 amide bonds. The Kier molecular flexibility index (Phi) is 4.52. The first-order chi connectivity index (χ1) is 8.16. The average Bonchev–Trinajstić information content (AvgIpc) is 2.59. The summed E-state index contributed by atoms with van der Waals surface area (Å²) < 4.78 is 26.9. The quantitative estimate of drug-likeness (QED) is 0.870. The normalized spacial score (nSPS) is 13.8. The van der Waals surface area contributed by atoms with E-state index in [0.717, 1.165) is 11.3 Å². The molecular weight excluding hydrogens is 274 g/mol. The van der Waals surface area contributed by atoms with Gasteiger partial charge in [-0.15, -0.1) is 11.3 Å². The Labute approximate surface area is 111 Å². The molecule has 2 N–H and O–H groups in total. The van der Waals surface area contributed by atoms with Crippen LogP contribution in [0.5, 0.6) is 0 Å². The highest BCUT2D eigenvalue weighted by Crippen LogP contribution is 2.27. The van der Waals surface area contributed by atoms with Crippen LogP contribution >= 0.6 is 11.3 Å². The molecule has 7 heteroatoms. The van der Waals surface area contributed by atoms with Crippen molar-refractivity contribution in [3.8, 4) is 0 Å². The Morgan fingerprint density at radius 2 is 1.94 bits per heavy atom. The fourth-order valence-electron chi connectivity index (χ4n) is 1.35. The first kappa shape index (κ1) is 15.1. The van der Waals surface area contributed by atoms with Crippen molar-refractivity contribution in [2.24, 2.45) is 5.92 Å². The Morgan fingerprint density at radius 3 is 2.39 bits per heavy atom. The Bertz CT molecular complexity index is 545. The average molecular weight is 291 g/mol. The fraction of sp³-hybridized carbons (Fsp3) is 0.545. The second-order valence-electron chi connectivity index (χ2n) is 4.54. The summed E-state index contributed by atoms with van der Waals surface area (Å²) in [5.41, 5.74) is 0.459. The minimum atomic E-state index is -3.79. The predicted molar refractivity (Wildman–Crippen MR) is 70.6 cm³/mol. The first-order valence-electron chi connectivity index (χ1n) is 5.50. The van der Waals surface area contributed by atoms with E-state index >= 15 is 0 Å². The second kappa shape index (κ2) is 5.38. The van der Waals surface area contributed by atoms with Gasteiger partial charge in [0.05, 0.1) is 0 Å². The van der Waals surface area contributed by atoms with Crippen LogP contribution in [0, 0.1) is 12.8 Å². The SMILES string of the molecule is Cc1csc(C(=O)O)c1S(=O)(=O)NC(C)C(C)C. The Balaban J connectivity index is 3.21. The number of hydrogen-bond acceptors (Lipinski definition) is 4. The smallest absolute Gasteiger partial charge is 0.347 e. The molecule has 0 fully saturated rings. The molecule has 18 heavy (non-hydrogen) atoms. The highest BCUT2D eigenvalue weighted by Gasteiger charge is 2.28. The molecule has 1 rings (SSSR count). The lowest BCUT2D eigenvalue weighted by atomic mass is 10.1. The number of thiophene rings is 1. The van der Waals surface area contributed by atoms with Gasteiger partial charge in [-0.1, -0.05) is 13.8 Å². The number of rotatable bonds is 5. The summed E-state index contributed by atoms with van der Waals surface area (Å²) in [5, 5.41) is 10.5. The monoisotopic (exact) mass is 291 g/mol. The summed E-state index contributed by atoms with van der Waals surface area (Å²) >= 11 is 0.928. The van der Waals surface area contributed by atoms with E-state index in [4.69, 9.17) is 5.11 Å². The molecule has 0 aliphatic heterocycles. The largest absolute Gasteiger partial charge is 0.477 e. The summed E-state index contributed by atoms with van der Waals surface area (Å²) in [6.07, 6.45) is 0. The van der Waals surface area contributed by atoms with Gasteiger partial charge in [0, 0.05) is 6.04 Å². The molecule has 0 saturated heterocycles. The Hall–Kier alpha value is -0.920. The van der Waals surface area contributed by atoms with Gasteiger partial charge in [-0.25, -0.2) is 17.9 Å². The van der Waals surface area contributed by atoms with Gasteiger partial charge < -0.3 is 5.11 Å². The molecule has 0 saturated carbocycles. The van der Waals surface area contributed by atoms with Gasteiger partial charge in [0.2, 0.25) is 10.0 Å². The van der Waals surface area contributed by atoms with Crippen LogP contribution in [0.25, 0.3) is 0 Å². The zero-order chi connectivity index (χ0) is 14.1. The number of hydrogen-bond donors (Lipinski definition) is 2. The number of aryl methyl sites for hydroxylation is 1. The van der Waals surface area contributed by atoms with Crippen molar-refractivity contribution in [1.82, 2.24) is 4.72 Å². The standard InChI is InChI=1S/C11H17NO4S2/c1-6(2)8(4)12-18(15,16)10-7(3)5-17-9(10)11(13)14/h5-6,8,12H,1-4H3,(H,13,14). The van der Waals surface area contributed by atoms with Gasteiger partial charge >= 0.3 is 5.97 Å².